The molecular formula is C51H55NO16. The number of ketones is 1. The van der Waals surface area contributed by atoms with Gasteiger partial charge in [0, 0.05) is 25.7 Å². The van der Waals surface area contributed by atoms with E-state index < -0.39 is 112 Å². The van der Waals surface area contributed by atoms with Gasteiger partial charge in [0.05, 0.1) is 47.8 Å². The van der Waals surface area contributed by atoms with E-state index in [0.717, 1.165) is 13.8 Å². The Labute approximate surface area is 392 Å². The van der Waals surface area contributed by atoms with Crippen LogP contribution in [-0.4, -0.2) is 125 Å². The Bertz CT molecular complexity index is 2540. The number of esters is 4. The second-order valence-corrected chi connectivity index (χ2v) is 18.6. The third-order valence-corrected chi connectivity index (χ3v) is 14.5. The van der Waals surface area contributed by atoms with E-state index in [1.54, 1.807) is 78.9 Å². The highest BCUT2D eigenvalue weighted by Gasteiger charge is 2.80. The molecule has 1 saturated heterocycles. The summed E-state index contributed by atoms with van der Waals surface area (Å²) in [6.07, 6.45) is -9.52. The predicted molar refractivity (Wildman–Crippen MR) is 237 cm³/mol. The molecule has 8 rings (SSSR count). The standard InChI is InChI=1S/C51H55NO16/c1-27-36-40(65-28(2)53)42(57)49(6)34(55)25-35-50(26-64-35,68-29(3)54)41(49)44(67-46(59)31-19-11-8-12-20-31)51(61,48(36,4)5)43-39(27)66-47(60)38(56)37(30-17-9-7-10-18-30)52-45(58)32-21-13-14-22-33(32)62-23-15-16-24-63-43/h7-22,34-35,37-41,43-44,55-56,61H,23-26H2,1-6H3,(H,52,58)/b16-15+/t34-,35+,37-,38-,39+,40?,41-,43-,44-,49+,50-,51+/m0/s1. The van der Waals surface area contributed by atoms with Gasteiger partial charge in [0.15, 0.2) is 29.7 Å². The van der Waals surface area contributed by atoms with Crippen molar-refractivity contribution in [3.05, 3.63) is 125 Å². The van der Waals surface area contributed by atoms with Gasteiger partial charge < -0.3 is 53.8 Å². The van der Waals surface area contributed by atoms with Gasteiger partial charge in [-0.25, -0.2) is 9.59 Å². The molecule has 1 unspecified atom stereocenters. The molecule has 3 aromatic rings. The van der Waals surface area contributed by atoms with Crippen molar-refractivity contribution < 1.29 is 77.2 Å². The molecule has 2 bridgehead atoms. The lowest BCUT2D eigenvalue weighted by Crippen LogP contribution is -2.83. The number of para-hydroxylation sites is 1. The lowest BCUT2D eigenvalue weighted by atomic mass is 9.44. The summed E-state index contributed by atoms with van der Waals surface area (Å²) >= 11 is 0. The molecule has 12 atom stereocenters. The molecule has 68 heavy (non-hydrogen) atoms. The van der Waals surface area contributed by atoms with E-state index >= 15 is 4.79 Å². The van der Waals surface area contributed by atoms with Crippen molar-refractivity contribution in [3.8, 4) is 5.75 Å². The number of hydrogen-bond acceptors (Lipinski definition) is 16. The number of ether oxygens (including phenoxy) is 7. The van der Waals surface area contributed by atoms with Gasteiger partial charge in [0.25, 0.3) is 5.91 Å². The lowest BCUT2D eigenvalue weighted by molar-refractivity contribution is -0.353. The molecule has 0 aromatic heterocycles. The van der Waals surface area contributed by atoms with Gasteiger partial charge in [0.2, 0.25) is 0 Å². The topological polar surface area (TPSA) is 240 Å². The fourth-order valence-corrected chi connectivity index (χ4v) is 11.1. The number of nitrogens with one attached hydrogen (secondary N) is 1. The van der Waals surface area contributed by atoms with Crippen molar-refractivity contribution in [1.29, 1.82) is 0 Å². The van der Waals surface area contributed by atoms with Gasteiger partial charge in [-0.15, -0.1) is 0 Å². The van der Waals surface area contributed by atoms with E-state index in [1.807, 2.05) is 0 Å². The number of amides is 1. The molecule has 4 N–H and O–H groups in total. The fourth-order valence-electron chi connectivity index (χ4n) is 11.1. The van der Waals surface area contributed by atoms with Gasteiger partial charge in [0.1, 0.15) is 36.3 Å². The van der Waals surface area contributed by atoms with E-state index in [-0.39, 0.29) is 54.3 Å². The first-order valence-electron chi connectivity index (χ1n) is 22.4. The lowest BCUT2D eigenvalue weighted by Gasteiger charge is -2.68. The summed E-state index contributed by atoms with van der Waals surface area (Å²) in [6.45, 7) is 7.33. The van der Waals surface area contributed by atoms with Crippen molar-refractivity contribution in [2.45, 2.75) is 108 Å². The zero-order valence-corrected chi connectivity index (χ0v) is 38.4. The van der Waals surface area contributed by atoms with Crippen LogP contribution < -0.4 is 10.1 Å². The number of carbonyl (C=O) groups is 6. The molecule has 3 aliphatic carbocycles. The first-order valence-corrected chi connectivity index (χ1v) is 22.4. The summed E-state index contributed by atoms with van der Waals surface area (Å²) in [4.78, 5) is 85.6. The first-order chi connectivity index (χ1) is 32.3. The highest BCUT2D eigenvalue weighted by atomic mass is 16.6. The minimum atomic E-state index is -2.71. The fraction of sp³-hybridized carbons (Fsp3) is 0.451. The number of Topliss-reactive ketones (excluding diaryl/α,β-unsaturated/α-hetero) is 1. The molecule has 0 radical (unpaired) electrons. The van der Waals surface area contributed by atoms with Crippen LogP contribution in [0.2, 0.25) is 0 Å². The summed E-state index contributed by atoms with van der Waals surface area (Å²) in [7, 11) is 0. The van der Waals surface area contributed by atoms with Crippen LogP contribution in [0.3, 0.4) is 0 Å². The number of fused-ring (bicyclic) bond motifs is 8. The zero-order valence-electron chi connectivity index (χ0n) is 38.4. The largest absolute Gasteiger partial charge is 0.489 e. The molecule has 2 aliphatic heterocycles. The average molecular weight is 938 g/mol. The second-order valence-electron chi connectivity index (χ2n) is 18.6. The van der Waals surface area contributed by atoms with Crippen LogP contribution in [0.25, 0.3) is 0 Å². The quantitative estimate of drug-likeness (QED) is 0.162. The predicted octanol–water partition coefficient (Wildman–Crippen LogP) is 3.68. The van der Waals surface area contributed by atoms with Crippen molar-refractivity contribution >= 4 is 35.6 Å². The molecule has 2 saturated carbocycles. The Morgan fingerprint density at radius 2 is 1.46 bits per heavy atom. The molecule has 5 aliphatic rings. The number of aliphatic hydroxyl groups is 3. The summed E-state index contributed by atoms with van der Waals surface area (Å²) in [5, 5.41) is 41.5. The van der Waals surface area contributed by atoms with E-state index in [0.29, 0.717) is 5.56 Å². The third kappa shape index (κ3) is 7.89. The SMILES string of the molecule is CC(=O)OC1C(=O)[C@@]2(C)[C@H]([C@H](OC(=O)c3ccccc3)[C@]3(O)[C@H]4OC/C=C/COc5ccccc5C(=O)N[C@@H](c5ccccc5)[C@H](O)C(=O)O[C@@H]4C(C)=C1C3(C)C)[C@]1(OC(C)=O)CO[C@@H]1C[C@@H]2O. The highest BCUT2D eigenvalue weighted by molar-refractivity contribution is 5.98. The molecule has 2 heterocycles. The van der Waals surface area contributed by atoms with E-state index in [1.165, 1.54) is 45.9 Å². The Morgan fingerprint density at radius 3 is 2.10 bits per heavy atom. The Hall–Kier alpha value is -6.24. The third-order valence-electron chi connectivity index (χ3n) is 14.5. The van der Waals surface area contributed by atoms with E-state index in [4.69, 9.17) is 33.2 Å². The van der Waals surface area contributed by atoms with Crippen LogP contribution in [0.1, 0.15) is 80.3 Å². The zero-order chi connectivity index (χ0) is 48.9. The summed E-state index contributed by atoms with van der Waals surface area (Å²) in [5.41, 5.74) is -8.21. The van der Waals surface area contributed by atoms with Crippen LogP contribution in [0, 0.1) is 16.7 Å². The minimum Gasteiger partial charge on any atom is -0.489 e. The molecule has 3 aromatic carbocycles. The number of hydrogen-bond donors (Lipinski definition) is 4. The summed E-state index contributed by atoms with van der Waals surface area (Å²) in [6, 6.07) is 20.9. The molecule has 3 fully saturated rings. The number of carbonyl (C=O) groups excluding carboxylic acids is 6. The van der Waals surface area contributed by atoms with E-state index in [9.17, 15) is 39.3 Å². The van der Waals surface area contributed by atoms with Gasteiger partial charge in [-0.05, 0) is 60.9 Å². The van der Waals surface area contributed by atoms with Crippen LogP contribution >= 0.6 is 0 Å². The van der Waals surface area contributed by atoms with Crippen molar-refractivity contribution in [2.75, 3.05) is 19.8 Å². The van der Waals surface area contributed by atoms with Gasteiger partial charge in [-0.3, -0.25) is 19.2 Å². The molecular weight excluding hydrogens is 883 g/mol. The van der Waals surface area contributed by atoms with Crippen LogP contribution in [0.4, 0.5) is 0 Å². The maximum atomic E-state index is 15.8. The molecule has 17 heteroatoms. The molecule has 360 valence electrons. The molecule has 0 spiro atoms. The van der Waals surface area contributed by atoms with Gasteiger partial charge >= 0.3 is 23.9 Å². The maximum Gasteiger partial charge on any atom is 0.338 e. The van der Waals surface area contributed by atoms with Crippen LogP contribution in [0.5, 0.6) is 5.75 Å². The van der Waals surface area contributed by atoms with Crippen LogP contribution in [-0.2, 0) is 47.6 Å². The average Bonchev–Trinajstić information content (AvgIpc) is 3.30. The Balaban J connectivity index is 1.39. The monoisotopic (exact) mass is 937 g/mol. The van der Waals surface area contributed by atoms with Crippen LogP contribution in [0.15, 0.2) is 108 Å². The first kappa shape index (κ1) is 48.2. The molecule has 1 amide bonds. The smallest absolute Gasteiger partial charge is 0.338 e. The number of rotatable bonds is 5. The Kier molecular flexibility index (Phi) is 13.0. The minimum absolute atomic E-state index is 0.0207. The Morgan fingerprint density at radius 1 is 0.809 bits per heavy atom. The summed E-state index contributed by atoms with van der Waals surface area (Å²) < 4.78 is 43.6. The number of aliphatic hydroxyl groups excluding tert-OH is 2. The van der Waals surface area contributed by atoms with Crippen molar-refractivity contribution in [1.82, 2.24) is 5.32 Å². The number of benzene rings is 3. The second kappa shape index (κ2) is 18.3. The van der Waals surface area contributed by atoms with Crippen molar-refractivity contribution in [2.24, 2.45) is 16.7 Å². The normalized spacial score (nSPS) is 35.0. The van der Waals surface area contributed by atoms with Gasteiger partial charge in [-0.1, -0.05) is 80.6 Å². The molecule has 17 nitrogen and oxygen atoms in total. The maximum absolute atomic E-state index is 15.8. The highest BCUT2D eigenvalue weighted by Crippen LogP contribution is 2.65. The van der Waals surface area contributed by atoms with Gasteiger partial charge in [-0.2, -0.15) is 0 Å². The van der Waals surface area contributed by atoms with E-state index in [2.05, 4.69) is 5.32 Å². The van der Waals surface area contributed by atoms with Crippen molar-refractivity contribution in [3.63, 3.8) is 0 Å². The summed E-state index contributed by atoms with van der Waals surface area (Å²) in [5.74, 6) is -7.16.